The minimum Gasteiger partial charge on any atom is -0.383 e. The average molecular weight is 345 g/mol. The first kappa shape index (κ1) is 16.5. The third-order valence-corrected chi connectivity index (χ3v) is 3.35. The fourth-order valence-corrected chi connectivity index (χ4v) is 2.22. The van der Waals surface area contributed by atoms with Crippen molar-refractivity contribution in [1.82, 2.24) is 0 Å². The summed E-state index contributed by atoms with van der Waals surface area (Å²) < 4.78 is 26.1. The van der Waals surface area contributed by atoms with Crippen molar-refractivity contribution in [3.63, 3.8) is 0 Å². The minimum atomic E-state index is -0.818. The molecule has 7 heteroatoms. The van der Waals surface area contributed by atoms with Crippen molar-refractivity contribution in [3.05, 3.63) is 58.1 Å². The Morgan fingerprint density at radius 1 is 1.05 bits per heavy atom. The Balaban J connectivity index is 1.85. The zero-order valence-electron chi connectivity index (χ0n) is 11.3. The number of nitrogens with one attached hydrogen (secondary N) is 2. The first-order chi connectivity index (χ1) is 10.5. The van der Waals surface area contributed by atoms with Crippen molar-refractivity contribution in [2.45, 2.75) is 6.42 Å². The second-order valence-electron chi connectivity index (χ2n) is 4.47. The van der Waals surface area contributed by atoms with Crippen LogP contribution in [0.4, 0.5) is 20.2 Å². The molecule has 2 aromatic carbocycles. The van der Waals surface area contributed by atoms with E-state index < -0.39 is 17.5 Å². The highest BCUT2D eigenvalue weighted by Crippen LogP contribution is 2.25. The molecule has 0 heterocycles. The fourth-order valence-electron chi connectivity index (χ4n) is 1.75. The summed E-state index contributed by atoms with van der Waals surface area (Å²) in [5.41, 5.74) is 0.586. The quantitative estimate of drug-likeness (QED) is 0.824. The molecule has 0 fully saturated rings. The number of hydrogen-bond donors (Lipinski definition) is 2. The fraction of sp³-hybridized carbons (Fsp3) is 0.133. The van der Waals surface area contributed by atoms with Crippen LogP contribution in [-0.4, -0.2) is 12.5 Å². The van der Waals surface area contributed by atoms with Crippen LogP contribution >= 0.6 is 23.2 Å². The Morgan fingerprint density at radius 2 is 1.77 bits per heavy atom. The summed E-state index contributed by atoms with van der Waals surface area (Å²) in [6, 6.07) is 7.91. The summed E-state index contributed by atoms with van der Waals surface area (Å²) >= 11 is 11.8. The second kappa shape index (κ2) is 7.42. The van der Waals surface area contributed by atoms with Crippen LogP contribution in [0.1, 0.15) is 6.42 Å². The average Bonchev–Trinajstić information content (AvgIpc) is 2.44. The van der Waals surface area contributed by atoms with Crippen LogP contribution in [0.25, 0.3) is 0 Å². The molecule has 2 rings (SSSR count). The summed E-state index contributed by atoms with van der Waals surface area (Å²) in [5, 5.41) is 6.30. The molecule has 0 unspecified atom stereocenters. The lowest BCUT2D eigenvalue weighted by molar-refractivity contribution is -0.116. The van der Waals surface area contributed by atoms with Crippen LogP contribution in [-0.2, 0) is 4.79 Å². The zero-order valence-corrected chi connectivity index (χ0v) is 12.8. The number of carbonyl (C=O) groups excluding carboxylic acids is 1. The van der Waals surface area contributed by atoms with Gasteiger partial charge in [-0.3, -0.25) is 4.79 Å². The minimum absolute atomic E-state index is 0.0593. The van der Waals surface area contributed by atoms with E-state index in [1.54, 1.807) is 18.2 Å². The molecule has 116 valence electrons. The van der Waals surface area contributed by atoms with E-state index in [1.165, 1.54) is 6.07 Å². The maximum absolute atomic E-state index is 13.4. The number of hydrogen-bond acceptors (Lipinski definition) is 2. The summed E-state index contributed by atoms with van der Waals surface area (Å²) in [6.07, 6.45) is 0.0930. The molecule has 22 heavy (non-hydrogen) atoms. The van der Waals surface area contributed by atoms with Crippen LogP contribution in [0.2, 0.25) is 10.0 Å². The molecule has 1 amide bonds. The highest BCUT2D eigenvalue weighted by molar-refractivity contribution is 6.36. The molecule has 0 saturated heterocycles. The van der Waals surface area contributed by atoms with Crippen LogP contribution in [0.15, 0.2) is 36.4 Å². The third-order valence-electron chi connectivity index (χ3n) is 2.80. The summed E-state index contributed by atoms with van der Waals surface area (Å²) in [4.78, 5) is 11.7. The van der Waals surface area contributed by atoms with Gasteiger partial charge in [0.25, 0.3) is 0 Å². The molecule has 0 aromatic heterocycles. The zero-order chi connectivity index (χ0) is 16.1. The van der Waals surface area contributed by atoms with Crippen LogP contribution in [0.5, 0.6) is 0 Å². The maximum atomic E-state index is 13.4. The molecule has 2 aromatic rings. The van der Waals surface area contributed by atoms with Crippen molar-refractivity contribution in [2.24, 2.45) is 0 Å². The molecule has 0 aliphatic carbocycles. The molecule has 0 spiro atoms. The van der Waals surface area contributed by atoms with E-state index in [0.29, 0.717) is 28.3 Å². The third kappa shape index (κ3) is 4.58. The van der Waals surface area contributed by atoms with Crippen LogP contribution < -0.4 is 10.6 Å². The van der Waals surface area contributed by atoms with Crippen LogP contribution in [0.3, 0.4) is 0 Å². The highest BCUT2D eigenvalue weighted by atomic mass is 35.5. The molecular formula is C15H12Cl2F2N2O. The smallest absolute Gasteiger partial charge is 0.226 e. The number of anilines is 2. The Morgan fingerprint density at radius 3 is 2.45 bits per heavy atom. The lowest BCUT2D eigenvalue weighted by Crippen LogP contribution is -2.17. The van der Waals surface area contributed by atoms with E-state index in [2.05, 4.69) is 10.6 Å². The number of rotatable bonds is 5. The predicted molar refractivity (Wildman–Crippen MR) is 84.6 cm³/mol. The van der Waals surface area contributed by atoms with E-state index in [0.717, 1.165) is 6.07 Å². The van der Waals surface area contributed by atoms with Crippen LogP contribution in [0, 0.1) is 11.6 Å². The molecule has 3 nitrogen and oxygen atoms in total. The molecule has 0 aliphatic heterocycles. The summed E-state index contributed by atoms with van der Waals surface area (Å²) in [7, 11) is 0. The molecule has 0 aliphatic rings. The van der Waals surface area contributed by atoms with Gasteiger partial charge in [-0.25, -0.2) is 8.78 Å². The molecule has 0 atom stereocenters. The predicted octanol–water partition coefficient (Wildman–Crippen LogP) is 4.71. The number of benzene rings is 2. The maximum Gasteiger partial charge on any atom is 0.226 e. The van der Waals surface area contributed by atoms with Gasteiger partial charge in [0.05, 0.1) is 16.4 Å². The summed E-state index contributed by atoms with van der Waals surface area (Å²) in [6.45, 7) is 0.302. The Bertz CT molecular complexity index is 695. The first-order valence-electron chi connectivity index (χ1n) is 6.39. The van der Waals surface area contributed by atoms with Gasteiger partial charge in [-0.05, 0) is 30.3 Å². The largest absolute Gasteiger partial charge is 0.383 e. The number of amides is 1. The van der Waals surface area contributed by atoms with E-state index in [4.69, 9.17) is 23.2 Å². The van der Waals surface area contributed by atoms with Gasteiger partial charge in [0.2, 0.25) is 5.91 Å². The molecule has 2 N–H and O–H groups in total. The Kier molecular flexibility index (Phi) is 5.57. The van der Waals surface area contributed by atoms with Gasteiger partial charge >= 0.3 is 0 Å². The molecule has 0 saturated carbocycles. The van der Waals surface area contributed by atoms with Gasteiger partial charge in [0, 0.05) is 24.1 Å². The number of halogens is 4. The molecular weight excluding hydrogens is 333 g/mol. The van der Waals surface area contributed by atoms with E-state index in [-0.39, 0.29) is 12.1 Å². The van der Waals surface area contributed by atoms with Gasteiger partial charge in [0.15, 0.2) is 0 Å². The van der Waals surface area contributed by atoms with E-state index in [1.807, 2.05) is 0 Å². The first-order valence-corrected chi connectivity index (χ1v) is 7.15. The normalized spacial score (nSPS) is 10.4. The van der Waals surface area contributed by atoms with E-state index in [9.17, 15) is 13.6 Å². The SMILES string of the molecule is O=C(CCNc1ccc(Cl)cc1Cl)Nc1ccc(F)cc1F. The van der Waals surface area contributed by atoms with E-state index >= 15 is 0 Å². The number of carbonyl (C=O) groups is 1. The lowest BCUT2D eigenvalue weighted by Gasteiger charge is -2.09. The van der Waals surface area contributed by atoms with Crippen molar-refractivity contribution < 1.29 is 13.6 Å². The Hall–Kier alpha value is -1.85. The second-order valence-corrected chi connectivity index (χ2v) is 5.32. The van der Waals surface area contributed by atoms with Crippen molar-refractivity contribution in [1.29, 1.82) is 0 Å². The topological polar surface area (TPSA) is 41.1 Å². The van der Waals surface area contributed by atoms with Gasteiger partial charge < -0.3 is 10.6 Å². The molecule has 0 radical (unpaired) electrons. The standard InChI is InChI=1S/C15H12Cl2F2N2O/c16-9-1-3-13(11(17)7-9)20-6-5-15(22)21-14-4-2-10(18)8-12(14)19/h1-4,7-8,20H,5-6H2,(H,21,22). The van der Waals surface area contributed by atoms with Gasteiger partial charge in [-0.1, -0.05) is 23.2 Å². The van der Waals surface area contributed by atoms with Crippen molar-refractivity contribution >= 4 is 40.5 Å². The lowest BCUT2D eigenvalue weighted by atomic mass is 10.2. The summed E-state index contributed by atoms with van der Waals surface area (Å²) in [5.74, 6) is -1.92. The van der Waals surface area contributed by atoms with Crippen molar-refractivity contribution in [3.8, 4) is 0 Å². The molecule has 0 bridgehead atoms. The van der Waals surface area contributed by atoms with Gasteiger partial charge in [-0.15, -0.1) is 0 Å². The highest BCUT2D eigenvalue weighted by Gasteiger charge is 2.08. The van der Waals surface area contributed by atoms with Gasteiger partial charge in [0.1, 0.15) is 11.6 Å². The van der Waals surface area contributed by atoms with Gasteiger partial charge in [-0.2, -0.15) is 0 Å². The Labute approximate surface area is 136 Å². The monoisotopic (exact) mass is 344 g/mol. The van der Waals surface area contributed by atoms with Crippen molar-refractivity contribution in [2.75, 3.05) is 17.2 Å².